The van der Waals surface area contributed by atoms with Gasteiger partial charge in [-0.2, -0.15) is 0 Å². The highest BCUT2D eigenvalue weighted by molar-refractivity contribution is 7.90. The molecule has 9 heteroatoms. The third-order valence-electron chi connectivity index (χ3n) is 2.63. The molecule has 0 aliphatic carbocycles. The van der Waals surface area contributed by atoms with Crippen LogP contribution in [0.15, 0.2) is 0 Å². The number of sulfone groups is 1. The zero-order valence-electron chi connectivity index (χ0n) is 11.7. The number of hydrogen-bond donors (Lipinski definition) is 3. The summed E-state index contributed by atoms with van der Waals surface area (Å²) in [6.07, 6.45) is 1.22. The number of hydrogen-bond acceptors (Lipinski definition) is 5. The molecule has 0 radical (unpaired) electrons. The molecule has 3 N–H and O–H groups in total. The van der Waals surface area contributed by atoms with Crippen molar-refractivity contribution in [3.05, 3.63) is 0 Å². The number of carbonyl (C=O) groups excluding carboxylic acids is 1. The highest BCUT2D eigenvalue weighted by Gasteiger charge is 2.23. The summed E-state index contributed by atoms with van der Waals surface area (Å²) in [5.41, 5.74) is 0. The van der Waals surface area contributed by atoms with E-state index in [0.29, 0.717) is 19.5 Å². The molecule has 20 heavy (non-hydrogen) atoms. The van der Waals surface area contributed by atoms with E-state index in [9.17, 15) is 18.0 Å². The standard InChI is InChI=1S/C11H22N2O6S/c1-3-13(6-4-7-14)11(17)12-9(10(15)16)5-8-20(2,18)19/h9,14H,3-8H2,1-2H3,(H,12,17)(H,15,16). The lowest BCUT2D eigenvalue weighted by Crippen LogP contribution is -2.48. The monoisotopic (exact) mass is 310 g/mol. The quantitative estimate of drug-likeness (QED) is 0.517. The fourth-order valence-electron chi connectivity index (χ4n) is 1.49. The van der Waals surface area contributed by atoms with Gasteiger partial charge in [0.05, 0.1) is 5.75 Å². The van der Waals surface area contributed by atoms with Crippen molar-refractivity contribution in [1.82, 2.24) is 10.2 Å². The largest absolute Gasteiger partial charge is 0.480 e. The van der Waals surface area contributed by atoms with Crippen LogP contribution in [0, 0.1) is 0 Å². The molecule has 0 aromatic heterocycles. The lowest BCUT2D eigenvalue weighted by atomic mass is 10.2. The zero-order chi connectivity index (χ0) is 15.8. The predicted molar refractivity (Wildman–Crippen MR) is 73.2 cm³/mol. The van der Waals surface area contributed by atoms with E-state index in [1.807, 2.05) is 0 Å². The van der Waals surface area contributed by atoms with Gasteiger partial charge in [0, 0.05) is 26.0 Å². The van der Waals surface area contributed by atoms with Crippen molar-refractivity contribution in [2.24, 2.45) is 0 Å². The van der Waals surface area contributed by atoms with Crippen LogP contribution in [0.1, 0.15) is 19.8 Å². The lowest BCUT2D eigenvalue weighted by Gasteiger charge is -2.23. The maximum atomic E-state index is 11.8. The number of nitrogens with one attached hydrogen (secondary N) is 1. The van der Waals surface area contributed by atoms with Crippen LogP contribution in [0.25, 0.3) is 0 Å². The van der Waals surface area contributed by atoms with E-state index in [-0.39, 0.29) is 18.8 Å². The van der Waals surface area contributed by atoms with Gasteiger partial charge in [0.2, 0.25) is 0 Å². The van der Waals surface area contributed by atoms with Crippen molar-refractivity contribution >= 4 is 21.8 Å². The molecular weight excluding hydrogens is 288 g/mol. The SMILES string of the molecule is CCN(CCCO)C(=O)NC(CCS(C)(=O)=O)C(=O)O. The Balaban J connectivity index is 4.57. The Labute approximate surface area is 118 Å². The maximum absolute atomic E-state index is 11.8. The first-order chi connectivity index (χ1) is 9.21. The molecule has 0 saturated carbocycles. The topological polar surface area (TPSA) is 124 Å². The van der Waals surface area contributed by atoms with Crippen LogP contribution in [0.2, 0.25) is 0 Å². The molecule has 0 heterocycles. The van der Waals surface area contributed by atoms with Crippen LogP contribution in [-0.2, 0) is 14.6 Å². The fourth-order valence-corrected chi connectivity index (χ4v) is 2.16. The molecule has 2 amide bonds. The van der Waals surface area contributed by atoms with Crippen molar-refractivity contribution in [2.75, 3.05) is 31.7 Å². The fraction of sp³-hybridized carbons (Fsp3) is 0.818. The van der Waals surface area contributed by atoms with Crippen molar-refractivity contribution < 1.29 is 28.2 Å². The minimum atomic E-state index is -3.29. The Morgan fingerprint density at radius 1 is 1.35 bits per heavy atom. The molecule has 1 atom stereocenters. The second kappa shape index (κ2) is 8.75. The molecule has 0 fully saturated rings. The van der Waals surface area contributed by atoms with Gasteiger partial charge in [-0.25, -0.2) is 18.0 Å². The van der Waals surface area contributed by atoms with Gasteiger partial charge in [0.15, 0.2) is 0 Å². The minimum Gasteiger partial charge on any atom is -0.480 e. The molecule has 0 aromatic carbocycles. The van der Waals surface area contributed by atoms with Gasteiger partial charge in [-0.15, -0.1) is 0 Å². The summed E-state index contributed by atoms with van der Waals surface area (Å²) in [6, 6.07) is -1.83. The molecule has 0 spiro atoms. The van der Waals surface area contributed by atoms with E-state index >= 15 is 0 Å². The van der Waals surface area contributed by atoms with Crippen LogP contribution in [0.3, 0.4) is 0 Å². The van der Waals surface area contributed by atoms with E-state index in [1.54, 1.807) is 6.92 Å². The Hall–Kier alpha value is -1.35. The number of carboxylic acid groups (broad SMARTS) is 1. The lowest BCUT2D eigenvalue weighted by molar-refractivity contribution is -0.139. The molecule has 1 unspecified atom stereocenters. The van der Waals surface area contributed by atoms with Crippen molar-refractivity contribution in [1.29, 1.82) is 0 Å². The van der Waals surface area contributed by atoms with Gasteiger partial charge in [-0.1, -0.05) is 0 Å². The summed E-state index contributed by atoms with van der Waals surface area (Å²) < 4.78 is 22.1. The smallest absolute Gasteiger partial charge is 0.326 e. The average molecular weight is 310 g/mol. The van der Waals surface area contributed by atoms with Crippen LogP contribution < -0.4 is 5.32 Å². The summed E-state index contributed by atoms with van der Waals surface area (Å²) in [5, 5.41) is 20.0. The highest BCUT2D eigenvalue weighted by atomic mass is 32.2. The number of aliphatic hydroxyl groups excluding tert-OH is 1. The van der Waals surface area contributed by atoms with Gasteiger partial charge in [-0.05, 0) is 19.8 Å². The Morgan fingerprint density at radius 2 is 1.95 bits per heavy atom. The number of nitrogens with zero attached hydrogens (tertiary/aromatic N) is 1. The summed E-state index contributed by atoms with van der Waals surface area (Å²) in [6.45, 7) is 2.32. The first-order valence-corrected chi connectivity index (χ1v) is 8.34. The molecule has 0 aliphatic rings. The van der Waals surface area contributed by atoms with E-state index in [0.717, 1.165) is 6.26 Å². The van der Waals surface area contributed by atoms with Gasteiger partial charge >= 0.3 is 12.0 Å². The van der Waals surface area contributed by atoms with Gasteiger partial charge < -0.3 is 20.4 Å². The summed E-state index contributed by atoms with van der Waals surface area (Å²) in [7, 11) is -3.29. The number of amides is 2. The molecule has 0 bridgehead atoms. The third kappa shape index (κ3) is 7.95. The van der Waals surface area contributed by atoms with Crippen LogP contribution >= 0.6 is 0 Å². The van der Waals surface area contributed by atoms with Crippen LogP contribution in [0.4, 0.5) is 4.79 Å². The van der Waals surface area contributed by atoms with E-state index < -0.39 is 27.9 Å². The van der Waals surface area contributed by atoms with E-state index in [4.69, 9.17) is 10.2 Å². The molecule has 0 aromatic rings. The molecule has 8 nitrogen and oxygen atoms in total. The van der Waals surface area contributed by atoms with Crippen LogP contribution in [-0.4, -0.2) is 73.3 Å². The predicted octanol–water partition coefficient (Wildman–Crippen LogP) is -0.712. The van der Waals surface area contributed by atoms with Crippen LogP contribution in [0.5, 0.6) is 0 Å². The minimum absolute atomic E-state index is 0.0692. The molecule has 118 valence electrons. The number of carbonyl (C=O) groups is 2. The molecule has 0 rings (SSSR count). The maximum Gasteiger partial charge on any atom is 0.326 e. The number of carboxylic acids is 1. The first kappa shape index (κ1) is 18.7. The highest BCUT2D eigenvalue weighted by Crippen LogP contribution is 2.00. The number of aliphatic hydroxyl groups is 1. The number of urea groups is 1. The summed E-state index contributed by atoms with van der Waals surface area (Å²) >= 11 is 0. The number of rotatable bonds is 9. The molecular formula is C11H22N2O6S. The van der Waals surface area contributed by atoms with Gasteiger partial charge in [0.1, 0.15) is 15.9 Å². The second-order valence-corrected chi connectivity index (χ2v) is 6.68. The number of aliphatic carboxylic acids is 1. The summed E-state index contributed by atoms with van der Waals surface area (Å²) in [4.78, 5) is 24.2. The van der Waals surface area contributed by atoms with E-state index in [2.05, 4.69) is 5.32 Å². The Morgan fingerprint density at radius 3 is 2.35 bits per heavy atom. The summed E-state index contributed by atoms with van der Waals surface area (Å²) in [5.74, 6) is -1.59. The molecule has 0 saturated heterocycles. The molecule has 0 aliphatic heterocycles. The van der Waals surface area contributed by atoms with Crippen molar-refractivity contribution in [2.45, 2.75) is 25.8 Å². The average Bonchev–Trinajstić information content (AvgIpc) is 2.33. The Kier molecular flexibility index (Phi) is 8.16. The van der Waals surface area contributed by atoms with Crippen molar-refractivity contribution in [3.8, 4) is 0 Å². The first-order valence-electron chi connectivity index (χ1n) is 6.28. The third-order valence-corrected chi connectivity index (χ3v) is 3.61. The van der Waals surface area contributed by atoms with Crippen molar-refractivity contribution in [3.63, 3.8) is 0 Å². The normalized spacial score (nSPS) is 12.8. The van der Waals surface area contributed by atoms with Gasteiger partial charge in [-0.3, -0.25) is 0 Å². The second-order valence-electron chi connectivity index (χ2n) is 4.42. The van der Waals surface area contributed by atoms with Gasteiger partial charge in [0.25, 0.3) is 0 Å². The zero-order valence-corrected chi connectivity index (χ0v) is 12.5. The van der Waals surface area contributed by atoms with E-state index in [1.165, 1.54) is 4.90 Å². The Bertz CT molecular complexity index is 423.